The number of methoxy groups -OCH3 is 1. The molecular formula is C19H17F2N3O2S. The highest BCUT2D eigenvalue weighted by molar-refractivity contribution is 7.22. The van der Waals surface area contributed by atoms with E-state index in [0.29, 0.717) is 13.1 Å². The first-order chi connectivity index (χ1) is 13.0. The fourth-order valence-corrected chi connectivity index (χ4v) is 3.96. The molecule has 1 amide bonds. The van der Waals surface area contributed by atoms with Gasteiger partial charge in [0, 0.05) is 31.3 Å². The Morgan fingerprint density at radius 3 is 2.85 bits per heavy atom. The summed E-state index contributed by atoms with van der Waals surface area (Å²) in [6.07, 6.45) is 0. The SMILES string of the molecule is COc1ccc2nc(N3CC(C(=O)NCc4ccc(F)cc4F)C3)sc2c1. The molecule has 5 nitrogen and oxygen atoms in total. The zero-order chi connectivity index (χ0) is 19.0. The molecule has 1 saturated heterocycles. The van der Waals surface area contributed by atoms with Gasteiger partial charge in [0.25, 0.3) is 0 Å². The lowest BCUT2D eigenvalue weighted by Gasteiger charge is -2.37. The minimum absolute atomic E-state index is 0.0440. The number of carbonyl (C=O) groups is 1. The first kappa shape index (κ1) is 17.7. The quantitative estimate of drug-likeness (QED) is 0.727. The minimum Gasteiger partial charge on any atom is -0.497 e. The van der Waals surface area contributed by atoms with Crippen molar-refractivity contribution >= 4 is 32.6 Å². The first-order valence-electron chi connectivity index (χ1n) is 8.44. The second kappa shape index (κ2) is 7.11. The molecule has 0 saturated carbocycles. The van der Waals surface area contributed by atoms with Gasteiger partial charge in [-0.15, -0.1) is 0 Å². The number of anilines is 1. The van der Waals surface area contributed by atoms with Crippen LogP contribution in [0.15, 0.2) is 36.4 Å². The van der Waals surface area contributed by atoms with Crippen molar-refractivity contribution in [3.05, 3.63) is 53.6 Å². The highest BCUT2D eigenvalue weighted by Crippen LogP contribution is 2.34. The number of ether oxygens (including phenoxy) is 1. The fourth-order valence-electron chi connectivity index (χ4n) is 2.95. The number of aromatic nitrogens is 1. The van der Waals surface area contributed by atoms with Crippen LogP contribution in [0.4, 0.5) is 13.9 Å². The van der Waals surface area contributed by atoms with E-state index in [0.717, 1.165) is 27.2 Å². The van der Waals surface area contributed by atoms with Crippen LogP contribution in [-0.2, 0) is 11.3 Å². The van der Waals surface area contributed by atoms with Gasteiger partial charge in [0.05, 0.1) is 23.2 Å². The van der Waals surface area contributed by atoms with Gasteiger partial charge < -0.3 is 15.0 Å². The minimum atomic E-state index is -0.657. The molecule has 1 aromatic heterocycles. The molecule has 1 aliphatic rings. The summed E-state index contributed by atoms with van der Waals surface area (Å²) < 4.78 is 32.8. The third kappa shape index (κ3) is 3.57. The Hall–Kier alpha value is -2.74. The number of hydrogen-bond donors (Lipinski definition) is 1. The van der Waals surface area contributed by atoms with Crippen LogP contribution >= 0.6 is 11.3 Å². The number of benzene rings is 2. The summed E-state index contributed by atoms with van der Waals surface area (Å²) in [6.45, 7) is 1.17. The number of fused-ring (bicyclic) bond motifs is 1. The maximum Gasteiger partial charge on any atom is 0.226 e. The average molecular weight is 389 g/mol. The molecule has 0 aliphatic carbocycles. The molecule has 2 heterocycles. The van der Waals surface area contributed by atoms with Crippen LogP contribution in [0.25, 0.3) is 10.2 Å². The fraction of sp³-hybridized carbons (Fsp3) is 0.263. The normalized spacial score (nSPS) is 14.3. The Kier molecular flexibility index (Phi) is 4.65. The van der Waals surface area contributed by atoms with Crippen molar-refractivity contribution in [3.63, 3.8) is 0 Å². The topological polar surface area (TPSA) is 54.5 Å². The monoisotopic (exact) mass is 389 g/mol. The molecule has 0 bridgehead atoms. The number of thiazole rings is 1. The zero-order valence-corrected chi connectivity index (χ0v) is 15.4. The largest absolute Gasteiger partial charge is 0.497 e. The van der Waals surface area contributed by atoms with E-state index in [9.17, 15) is 13.6 Å². The van der Waals surface area contributed by atoms with Crippen molar-refractivity contribution in [1.29, 1.82) is 0 Å². The standard InChI is InChI=1S/C19H17F2N3O2S/c1-26-14-4-5-16-17(7-14)27-19(23-16)24-9-12(10-24)18(25)22-8-11-2-3-13(20)6-15(11)21/h2-7,12H,8-10H2,1H3,(H,22,25). The van der Waals surface area contributed by atoms with E-state index in [1.165, 1.54) is 12.1 Å². The number of rotatable bonds is 5. The molecule has 1 aliphatic heterocycles. The van der Waals surface area contributed by atoms with Crippen LogP contribution in [-0.4, -0.2) is 31.1 Å². The zero-order valence-electron chi connectivity index (χ0n) is 14.5. The third-order valence-electron chi connectivity index (χ3n) is 4.58. The highest BCUT2D eigenvalue weighted by Gasteiger charge is 2.34. The molecule has 140 valence electrons. The number of nitrogens with one attached hydrogen (secondary N) is 1. The van der Waals surface area contributed by atoms with Gasteiger partial charge in [-0.2, -0.15) is 0 Å². The van der Waals surface area contributed by atoms with E-state index < -0.39 is 11.6 Å². The summed E-state index contributed by atoms with van der Waals surface area (Å²) in [5.41, 5.74) is 1.16. The van der Waals surface area contributed by atoms with E-state index in [1.54, 1.807) is 18.4 Å². The van der Waals surface area contributed by atoms with Crippen molar-refractivity contribution < 1.29 is 18.3 Å². The molecule has 27 heavy (non-hydrogen) atoms. The number of hydrogen-bond acceptors (Lipinski definition) is 5. The van der Waals surface area contributed by atoms with Crippen LogP contribution in [0, 0.1) is 17.6 Å². The third-order valence-corrected chi connectivity index (χ3v) is 5.65. The lowest BCUT2D eigenvalue weighted by atomic mass is 10.00. The molecule has 0 radical (unpaired) electrons. The Bertz CT molecular complexity index is 1000. The van der Waals surface area contributed by atoms with Crippen LogP contribution in [0.2, 0.25) is 0 Å². The maximum absolute atomic E-state index is 13.6. The van der Waals surface area contributed by atoms with E-state index in [4.69, 9.17) is 4.74 Å². The van der Waals surface area contributed by atoms with Gasteiger partial charge in [0.2, 0.25) is 5.91 Å². The number of carbonyl (C=O) groups excluding carboxylic acids is 1. The van der Waals surface area contributed by atoms with E-state index in [2.05, 4.69) is 10.3 Å². The van der Waals surface area contributed by atoms with Crippen LogP contribution < -0.4 is 15.0 Å². The average Bonchev–Trinajstić information content (AvgIpc) is 3.02. The summed E-state index contributed by atoms with van der Waals surface area (Å²) >= 11 is 1.56. The number of halogens is 2. The van der Waals surface area contributed by atoms with Gasteiger partial charge in [-0.05, 0) is 24.3 Å². The number of nitrogens with zero attached hydrogens (tertiary/aromatic N) is 2. The van der Waals surface area contributed by atoms with Gasteiger partial charge in [-0.1, -0.05) is 17.4 Å². The van der Waals surface area contributed by atoms with Gasteiger partial charge in [0.15, 0.2) is 5.13 Å². The van der Waals surface area contributed by atoms with Crippen molar-refractivity contribution in [3.8, 4) is 5.75 Å². The Balaban J connectivity index is 1.34. The van der Waals surface area contributed by atoms with Gasteiger partial charge in [-0.25, -0.2) is 13.8 Å². The molecule has 2 aromatic carbocycles. The second-order valence-electron chi connectivity index (χ2n) is 6.39. The van der Waals surface area contributed by atoms with Crippen molar-refractivity contribution in [2.45, 2.75) is 6.54 Å². The molecule has 0 unspecified atom stereocenters. The van der Waals surface area contributed by atoms with Crippen LogP contribution in [0.1, 0.15) is 5.56 Å². The molecule has 0 atom stereocenters. The summed E-state index contributed by atoms with van der Waals surface area (Å²) in [7, 11) is 1.62. The van der Waals surface area contributed by atoms with Crippen molar-refractivity contribution in [2.24, 2.45) is 5.92 Å². The summed E-state index contributed by atoms with van der Waals surface area (Å²) in [4.78, 5) is 18.9. The Morgan fingerprint density at radius 2 is 2.11 bits per heavy atom. The molecule has 3 aromatic rings. The van der Waals surface area contributed by atoms with E-state index in [1.807, 2.05) is 23.1 Å². The van der Waals surface area contributed by atoms with Crippen molar-refractivity contribution in [2.75, 3.05) is 25.1 Å². The van der Waals surface area contributed by atoms with Gasteiger partial charge in [0.1, 0.15) is 17.4 Å². The summed E-state index contributed by atoms with van der Waals surface area (Å²) in [5.74, 6) is -0.819. The lowest BCUT2D eigenvalue weighted by Crippen LogP contribution is -2.53. The molecule has 4 rings (SSSR count). The van der Waals surface area contributed by atoms with Crippen LogP contribution in [0.3, 0.4) is 0 Å². The van der Waals surface area contributed by atoms with Gasteiger partial charge in [-0.3, -0.25) is 4.79 Å². The first-order valence-corrected chi connectivity index (χ1v) is 9.26. The molecule has 8 heteroatoms. The van der Waals surface area contributed by atoms with E-state index in [-0.39, 0.29) is 23.9 Å². The molecular weight excluding hydrogens is 372 g/mol. The molecule has 1 N–H and O–H groups in total. The highest BCUT2D eigenvalue weighted by atomic mass is 32.1. The molecule has 1 fully saturated rings. The van der Waals surface area contributed by atoms with Crippen LogP contribution in [0.5, 0.6) is 5.75 Å². The smallest absolute Gasteiger partial charge is 0.226 e. The summed E-state index contributed by atoms with van der Waals surface area (Å²) in [6, 6.07) is 9.06. The van der Waals surface area contributed by atoms with Crippen molar-refractivity contribution in [1.82, 2.24) is 10.3 Å². The second-order valence-corrected chi connectivity index (χ2v) is 7.39. The predicted molar refractivity (Wildman–Crippen MR) is 100 cm³/mol. The maximum atomic E-state index is 13.6. The lowest BCUT2D eigenvalue weighted by molar-refractivity contribution is -0.125. The molecule has 0 spiro atoms. The Labute approximate surface area is 158 Å². The van der Waals surface area contributed by atoms with E-state index >= 15 is 0 Å². The summed E-state index contributed by atoms with van der Waals surface area (Å²) in [5, 5.41) is 3.58. The Morgan fingerprint density at radius 1 is 1.30 bits per heavy atom. The predicted octanol–water partition coefficient (Wildman–Crippen LogP) is 3.34. The number of amides is 1. The van der Waals surface area contributed by atoms with Gasteiger partial charge >= 0.3 is 0 Å².